The Hall–Kier alpha value is -1.15. The van der Waals surface area contributed by atoms with E-state index in [9.17, 15) is 0 Å². The Kier molecular flexibility index (Phi) is 8.69. The van der Waals surface area contributed by atoms with Crippen molar-refractivity contribution < 1.29 is 0 Å². The standard InChI is InChI=1S/C9H7NS.2C2H6/c1-2-4-8(5-3-1)9-6-10-7-11-9;2*1-2/h1-7H;2*1-2H3. The minimum atomic E-state index is 1.23. The monoisotopic (exact) mass is 221 g/mol. The van der Waals surface area contributed by atoms with E-state index in [1.807, 2.05) is 57.6 Å². The van der Waals surface area contributed by atoms with Crippen LogP contribution in [0.15, 0.2) is 42.0 Å². The highest BCUT2D eigenvalue weighted by Crippen LogP contribution is 2.21. The Labute approximate surface area is 96.8 Å². The molecule has 0 bridgehead atoms. The third-order valence-electron chi connectivity index (χ3n) is 1.49. The molecule has 0 saturated carbocycles. The Balaban J connectivity index is 0.000000442. The summed E-state index contributed by atoms with van der Waals surface area (Å²) in [6.07, 6.45) is 1.89. The quantitative estimate of drug-likeness (QED) is 0.670. The summed E-state index contributed by atoms with van der Waals surface area (Å²) >= 11 is 1.66. The molecule has 0 aliphatic rings. The van der Waals surface area contributed by atoms with Gasteiger partial charge in [-0.05, 0) is 5.56 Å². The highest BCUT2D eigenvalue weighted by molar-refractivity contribution is 7.13. The summed E-state index contributed by atoms with van der Waals surface area (Å²) in [5.41, 5.74) is 3.09. The summed E-state index contributed by atoms with van der Waals surface area (Å²) in [5.74, 6) is 0. The molecule has 1 nitrogen and oxygen atoms in total. The number of aromatic nitrogens is 1. The van der Waals surface area contributed by atoms with E-state index in [1.165, 1.54) is 10.4 Å². The van der Waals surface area contributed by atoms with Gasteiger partial charge >= 0.3 is 0 Å². The second-order valence-electron chi connectivity index (χ2n) is 2.23. The molecule has 2 rings (SSSR count). The molecule has 0 aliphatic heterocycles. The Bertz CT molecular complexity index is 314. The first-order chi connectivity index (χ1) is 7.47. The summed E-state index contributed by atoms with van der Waals surface area (Å²) < 4.78 is 0. The molecule has 0 radical (unpaired) electrons. The van der Waals surface area contributed by atoms with Gasteiger partial charge in [0.15, 0.2) is 0 Å². The minimum Gasteiger partial charge on any atom is -0.252 e. The number of rotatable bonds is 1. The molecule has 0 spiro atoms. The Morgan fingerprint density at radius 1 is 0.933 bits per heavy atom. The number of nitrogens with zero attached hydrogens (tertiary/aromatic N) is 1. The van der Waals surface area contributed by atoms with Crippen LogP contribution in [0.1, 0.15) is 27.7 Å². The number of hydrogen-bond donors (Lipinski definition) is 0. The second kappa shape index (κ2) is 9.41. The summed E-state index contributed by atoms with van der Waals surface area (Å²) in [6.45, 7) is 8.00. The zero-order valence-corrected chi connectivity index (χ0v) is 10.7. The van der Waals surface area contributed by atoms with Gasteiger partial charge in [0.1, 0.15) is 0 Å². The van der Waals surface area contributed by atoms with Crippen LogP contribution >= 0.6 is 11.3 Å². The van der Waals surface area contributed by atoms with Crippen molar-refractivity contribution in [2.24, 2.45) is 0 Å². The Morgan fingerprint density at radius 3 is 2.00 bits per heavy atom. The van der Waals surface area contributed by atoms with Crippen molar-refractivity contribution >= 4 is 11.3 Å². The molecule has 0 N–H and O–H groups in total. The fourth-order valence-electron chi connectivity index (χ4n) is 0.961. The SMILES string of the molecule is CC.CC.c1ccc(-c2cncs2)cc1. The van der Waals surface area contributed by atoms with Crippen molar-refractivity contribution in [3.8, 4) is 10.4 Å². The Morgan fingerprint density at radius 2 is 1.53 bits per heavy atom. The van der Waals surface area contributed by atoms with Crippen LogP contribution in [0, 0.1) is 0 Å². The zero-order chi connectivity index (χ0) is 11.5. The number of hydrogen-bond acceptors (Lipinski definition) is 2. The first-order valence-electron chi connectivity index (χ1n) is 5.41. The topological polar surface area (TPSA) is 12.9 Å². The molecule has 0 amide bonds. The molecule has 1 aromatic carbocycles. The number of benzene rings is 1. The molecular weight excluding hydrogens is 202 g/mol. The minimum absolute atomic E-state index is 1.23. The summed E-state index contributed by atoms with van der Waals surface area (Å²) in [7, 11) is 0. The van der Waals surface area contributed by atoms with Gasteiger partial charge in [-0.15, -0.1) is 11.3 Å². The maximum Gasteiger partial charge on any atom is 0.0797 e. The van der Waals surface area contributed by atoms with Gasteiger partial charge in [-0.1, -0.05) is 58.0 Å². The van der Waals surface area contributed by atoms with Gasteiger partial charge in [-0.25, -0.2) is 0 Å². The van der Waals surface area contributed by atoms with Crippen LogP contribution in [0.2, 0.25) is 0 Å². The lowest BCUT2D eigenvalue weighted by Crippen LogP contribution is -1.67. The van der Waals surface area contributed by atoms with Crippen LogP contribution in [-0.2, 0) is 0 Å². The predicted molar refractivity (Wildman–Crippen MR) is 70.2 cm³/mol. The van der Waals surface area contributed by atoms with Gasteiger partial charge in [-0.3, -0.25) is 4.98 Å². The van der Waals surface area contributed by atoms with Crippen molar-refractivity contribution in [3.05, 3.63) is 42.0 Å². The van der Waals surface area contributed by atoms with E-state index in [1.54, 1.807) is 11.3 Å². The summed E-state index contributed by atoms with van der Waals surface area (Å²) in [6, 6.07) is 10.3. The van der Waals surface area contributed by atoms with E-state index < -0.39 is 0 Å². The van der Waals surface area contributed by atoms with E-state index in [0.29, 0.717) is 0 Å². The van der Waals surface area contributed by atoms with E-state index in [4.69, 9.17) is 0 Å². The van der Waals surface area contributed by atoms with E-state index in [0.717, 1.165) is 0 Å². The van der Waals surface area contributed by atoms with Crippen LogP contribution in [-0.4, -0.2) is 4.98 Å². The van der Waals surface area contributed by atoms with Crippen molar-refractivity contribution in [2.45, 2.75) is 27.7 Å². The molecular formula is C13H19NS. The van der Waals surface area contributed by atoms with Crippen molar-refractivity contribution in [3.63, 3.8) is 0 Å². The van der Waals surface area contributed by atoms with Gasteiger partial charge < -0.3 is 0 Å². The number of thiazole rings is 1. The van der Waals surface area contributed by atoms with Gasteiger partial charge in [0.25, 0.3) is 0 Å². The first kappa shape index (κ1) is 13.8. The first-order valence-corrected chi connectivity index (χ1v) is 6.29. The molecule has 1 heterocycles. The van der Waals surface area contributed by atoms with Crippen LogP contribution < -0.4 is 0 Å². The van der Waals surface area contributed by atoms with Crippen LogP contribution in [0.3, 0.4) is 0 Å². The van der Waals surface area contributed by atoms with Crippen LogP contribution in [0.25, 0.3) is 10.4 Å². The van der Waals surface area contributed by atoms with Gasteiger partial charge in [-0.2, -0.15) is 0 Å². The van der Waals surface area contributed by atoms with Crippen LogP contribution in [0.4, 0.5) is 0 Å². The van der Waals surface area contributed by atoms with E-state index in [2.05, 4.69) is 17.1 Å². The molecule has 0 unspecified atom stereocenters. The predicted octanol–water partition coefficient (Wildman–Crippen LogP) is 4.86. The third kappa shape index (κ3) is 4.75. The normalized spacial score (nSPS) is 8.00. The maximum absolute atomic E-state index is 4.02. The van der Waals surface area contributed by atoms with Crippen LogP contribution in [0.5, 0.6) is 0 Å². The maximum atomic E-state index is 4.02. The molecule has 0 saturated heterocycles. The highest BCUT2D eigenvalue weighted by Gasteiger charge is 1.95. The fraction of sp³-hybridized carbons (Fsp3) is 0.308. The van der Waals surface area contributed by atoms with Gasteiger partial charge in [0.2, 0.25) is 0 Å². The summed E-state index contributed by atoms with van der Waals surface area (Å²) in [4.78, 5) is 5.24. The highest BCUT2D eigenvalue weighted by atomic mass is 32.1. The van der Waals surface area contributed by atoms with Crippen molar-refractivity contribution in [1.82, 2.24) is 4.98 Å². The second-order valence-corrected chi connectivity index (χ2v) is 3.12. The largest absolute Gasteiger partial charge is 0.252 e. The zero-order valence-electron chi connectivity index (χ0n) is 9.90. The molecule has 0 fully saturated rings. The van der Waals surface area contributed by atoms with Crippen molar-refractivity contribution in [1.29, 1.82) is 0 Å². The van der Waals surface area contributed by atoms with Crippen molar-refractivity contribution in [2.75, 3.05) is 0 Å². The fourth-order valence-corrected chi connectivity index (χ4v) is 1.59. The summed E-state index contributed by atoms with van der Waals surface area (Å²) in [5, 5.41) is 0. The van der Waals surface area contributed by atoms with E-state index >= 15 is 0 Å². The molecule has 0 aliphatic carbocycles. The third-order valence-corrected chi connectivity index (χ3v) is 2.31. The smallest absolute Gasteiger partial charge is 0.0797 e. The lowest BCUT2D eigenvalue weighted by atomic mass is 10.2. The average molecular weight is 221 g/mol. The molecule has 82 valence electrons. The molecule has 2 aromatic rings. The van der Waals surface area contributed by atoms with Gasteiger partial charge in [0.05, 0.1) is 10.4 Å². The van der Waals surface area contributed by atoms with E-state index in [-0.39, 0.29) is 0 Å². The molecule has 0 atom stereocenters. The lowest BCUT2D eigenvalue weighted by Gasteiger charge is -1.92. The lowest BCUT2D eigenvalue weighted by molar-refractivity contribution is 1.42. The average Bonchev–Trinajstić information content (AvgIpc) is 2.89. The molecule has 2 heteroatoms. The molecule has 15 heavy (non-hydrogen) atoms. The molecule has 1 aromatic heterocycles. The van der Waals surface area contributed by atoms with Gasteiger partial charge in [0, 0.05) is 6.20 Å².